The van der Waals surface area contributed by atoms with Crippen LogP contribution in [0.15, 0.2) is 36.7 Å². The van der Waals surface area contributed by atoms with E-state index in [1.807, 2.05) is 0 Å². The first-order chi connectivity index (χ1) is 10.7. The molecule has 2 aromatic rings. The van der Waals surface area contributed by atoms with Gasteiger partial charge in [0.05, 0.1) is 6.20 Å². The molecule has 2 aliphatic heterocycles. The summed E-state index contributed by atoms with van der Waals surface area (Å²) in [6.45, 7) is 2.06. The Morgan fingerprint density at radius 1 is 1.27 bits per heavy atom. The number of nitrogens with one attached hydrogen (secondary N) is 2. The van der Waals surface area contributed by atoms with Gasteiger partial charge in [0.25, 0.3) is 0 Å². The van der Waals surface area contributed by atoms with Gasteiger partial charge < -0.3 is 10.6 Å². The van der Waals surface area contributed by atoms with Crippen molar-refractivity contribution in [2.24, 2.45) is 0 Å². The lowest BCUT2D eigenvalue weighted by atomic mass is 9.96. The van der Waals surface area contributed by atoms with Crippen LogP contribution in [0.4, 0.5) is 4.79 Å². The second-order valence-corrected chi connectivity index (χ2v) is 6.38. The zero-order chi connectivity index (χ0) is 15.1. The number of aromatic nitrogens is 2. The van der Waals surface area contributed by atoms with Gasteiger partial charge in [-0.2, -0.15) is 9.78 Å². The van der Waals surface area contributed by atoms with Crippen LogP contribution in [0.25, 0.3) is 11.1 Å². The largest absolute Gasteiger partial charge is 0.342 e. The van der Waals surface area contributed by atoms with Crippen molar-refractivity contribution >= 4 is 6.03 Å². The number of carbonyl (C=O) groups excluding carboxylic acids is 1. The third-order valence-electron chi connectivity index (χ3n) is 4.78. The molecule has 1 aromatic heterocycles. The van der Waals surface area contributed by atoms with Gasteiger partial charge in [0, 0.05) is 29.9 Å². The Kier molecular flexibility index (Phi) is 3.22. The van der Waals surface area contributed by atoms with Crippen molar-refractivity contribution in [3.8, 4) is 11.1 Å². The summed E-state index contributed by atoms with van der Waals surface area (Å²) in [6, 6.07) is 9.33. The van der Waals surface area contributed by atoms with E-state index in [1.54, 1.807) is 12.4 Å². The molecule has 2 saturated heterocycles. The molecule has 3 atom stereocenters. The Bertz CT molecular complexity index is 691. The van der Waals surface area contributed by atoms with E-state index in [9.17, 15) is 4.79 Å². The van der Waals surface area contributed by atoms with Crippen LogP contribution in [0.3, 0.4) is 0 Å². The average Bonchev–Trinajstić information content (AvgIpc) is 3.24. The van der Waals surface area contributed by atoms with Crippen LogP contribution in [0.1, 0.15) is 24.8 Å². The molecule has 22 heavy (non-hydrogen) atoms. The summed E-state index contributed by atoms with van der Waals surface area (Å²) < 4.78 is 1.40. The van der Waals surface area contributed by atoms with Crippen LogP contribution in [-0.4, -0.2) is 33.9 Å². The second-order valence-electron chi connectivity index (χ2n) is 6.38. The molecule has 114 valence electrons. The molecular formula is C17H20N4O. The van der Waals surface area contributed by atoms with E-state index in [0.717, 1.165) is 24.0 Å². The van der Waals surface area contributed by atoms with Gasteiger partial charge in [-0.05, 0) is 31.7 Å². The molecule has 4 rings (SSSR count). The number of nitrogens with zero attached hydrogens (tertiary/aromatic N) is 2. The summed E-state index contributed by atoms with van der Waals surface area (Å²) in [5, 5.41) is 10.8. The molecule has 1 aromatic carbocycles. The molecule has 2 bridgehead atoms. The second kappa shape index (κ2) is 5.25. The highest BCUT2D eigenvalue weighted by atomic mass is 16.2. The van der Waals surface area contributed by atoms with E-state index >= 15 is 0 Å². The van der Waals surface area contributed by atoms with Crippen molar-refractivity contribution in [2.45, 2.75) is 44.3 Å². The molecule has 0 spiro atoms. The van der Waals surface area contributed by atoms with E-state index in [-0.39, 0.29) is 12.1 Å². The maximum atomic E-state index is 12.3. The van der Waals surface area contributed by atoms with Crippen molar-refractivity contribution in [3.05, 3.63) is 42.2 Å². The Morgan fingerprint density at radius 3 is 2.77 bits per heavy atom. The van der Waals surface area contributed by atoms with Crippen LogP contribution < -0.4 is 10.6 Å². The van der Waals surface area contributed by atoms with E-state index < -0.39 is 0 Å². The molecular weight excluding hydrogens is 276 g/mol. The van der Waals surface area contributed by atoms with Crippen molar-refractivity contribution in [1.82, 2.24) is 20.4 Å². The SMILES string of the molecule is Cc1ccc(-c2cnn(C(=O)N[C@@H]3C[C@H]4CC[C@@H]3N4)c2)cc1. The molecule has 2 fully saturated rings. The predicted octanol–water partition coefficient (Wildman–Crippen LogP) is 2.31. The minimum atomic E-state index is -0.141. The van der Waals surface area contributed by atoms with Gasteiger partial charge in [-0.25, -0.2) is 4.79 Å². The third-order valence-corrected chi connectivity index (χ3v) is 4.78. The first kappa shape index (κ1) is 13.5. The van der Waals surface area contributed by atoms with E-state index in [0.29, 0.717) is 12.1 Å². The summed E-state index contributed by atoms with van der Waals surface area (Å²) in [7, 11) is 0. The summed E-state index contributed by atoms with van der Waals surface area (Å²) in [5.74, 6) is 0. The summed E-state index contributed by atoms with van der Waals surface area (Å²) >= 11 is 0. The molecule has 0 unspecified atom stereocenters. The minimum Gasteiger partial charge on any atom is -0.332 e. The average molecular weight is 296 g/mol. The molecule has 5 nitrogen and oxygen atoms in total. The lowest BCUT2D eigenvalue weighted by molar-refractivity contribution is 0.233. The lowest BCUT2D eigenvalue weighted by Crippen LogP contribution is -2.44. The first-order valence-corrected chi connectivity index (χ1v) is 7.88. The summed E-state index contributed by atoms with van der Waals surface area (Å²) in [5.41, 5.74) is 3.25. The minimum absolute atomic E-state index is 0.141. The highest BCUT2D eigenvalue weighted by Crippen LogP contribution is 2.28. The lowest BCUT2D eigenvalue weighted by Gasteiger charge is -2.21. The van der Waals surface area contributed by atoms with Crippen LogP contribution in [0, 0.1) is 6.92 Å². The maximum Gasteiger partial charge on any atom is 0.342 e. The number of amides is 1. The van der Waals surface area contributed by atoms with Crippen molar-refractivity contribution in [3.63, 3.8) is 0 Å². The Morgan fingerprint density at radius 2 is 2.09 bits per heavy atom. The van der Waals surface area contributed by atoms with Crippen molar-refractivity contribution in [1.29, 1.82) is 0 Å². The quantitative estimate of drug-likeness (QED) is 0.894. The van der Waals surface area contributed by atoms with Gasteiger partial charge in [0.2, 0.25) is 0 Å². The molecule has 2 N–H and O–H groups in total. The summed E-state index contributed by atoms with van der Waals surface area (Å²) in [4.78, 5) is 12.3. The fourth-order valence-corrected chi connectivity index (χ4v) is 3.54. The Labute approximate surface area is 129 Å². The normalized spacial score (nSPS) is 26.3. The van der Waals surface area contributed by atoms with Gasteiger partial charge in [0.15, 0.2) is 0 Å². The van der Waals surface area contributed by atoms with Crippen molar-refractivity contribution in [2.75, 3.05) is 0 Å². The smallest absolute Gasteiger partial charge is 0.332 e. The molecule has 3 heterocycles. The number of hydrogen-bond acceptors (Lipinski definition) is 3. The molecule has 2 aliphatic rings. The van der Waals surface area contributed by atoms with Gasteiger partial charge >= 0.3 is 6.03 Å². The fraction of sp³-hybridized carbons (Fsp3) is 0.412. The van der Waals surface area contributed by atoms with E-state index in [4.69, 9.17) is 0 Å². The van der Waals surface area contributed by atoms with Gasteiger partial charge in [-0.1, -0.05) is 29.8 Å². The third kappa shape index (κ3) is 2.41. The predicted molar refractivity (Wildman–Crippen MR) is 84.7 cm³/mol. The van der Waals surface area contributed by atoms with Gasteiger partial charge in [-0.15, -0.1) is 0 Å². The van der Waals surface area contributed by atoms with Crippen LogP contribution in [0.2, 0.25) is 0 Å². The number of aryl methyl sites for hydroxylation is 1. The fourth-order valence-electron chi connectivity index (χ4n) is 3.54. The molecule has 5 heteroatoms. The molecule has 0 aliphatic carbocycles. The topological polar surface area (TPSA) is 59.0 Å². The zero-order valence-electron chi connectivity index (χ0n) is 12.6. The van der Waals surface area contributed by atoms with Crippen LogP contribution in [-0.2, 0) is 0 Å². The maximum absolute atomic E-state index is 12.3. The van der Waals surface area contributed by atoms with Gasteiger partial charge in [0.1, 0.15) is 0 Å². The van der Waals surface area contributed by atoms with Crippen molar-refractivity contribution < 1.29 is 4.79 Å². The monoisotopic (exact) mass is 296 g/mol. The summed E-state index contributed by atoms with van der Waals surface area (Å²) in [6.07, 6.45) is 6.95. The number of hydrogen-bond donors (Lipinski definition) is 2. The van der Waals surface area contributed by atoms with E-state index in [1.165, 1.54) is 16.7 Å². The number of fused-ring (bicyclic) bond motifs is 2. The Hall–Kier alpha value is -2.14. The molecule has 0 radical (unpaired) electrons. The van der Waals surface area contributed by atoms with Gasteiger partial charge in [-0.3, -0.25) is 0 Å². The zero-order valence-corrected chi connectivity index (χ0v) is 12.6. The van der Waals surface area contributed by atoms with Crippen LogP contribution >= 0.6 is 0 Å². The highest BCUT2D eigenvalue weighted by molar-refractivity contribution is 5.78. The number of benzene rings is 1. The van der Waals surface area contributed by atoms with E-state index in [2.05, 4.69) is 46.9 Å². The number of carbonyl (C=O) groups is 1. The number of rotatable bonds is 2. The molecule has 0 saturated carbocycles. The standard InChI is InChI=1S/C17H20N4O/c1-11-2-4-12(5-3-11)13-9-18-21(10-13)17(22)20-16-8-14-6-7-15(16)19-14/h2-5,9-10,14-16,19H,6-8H2,1H3,(H,20,22)/t14-,15+,16-/m1/s1. The molecule has 1 amide bonds. The van der Waals surface area contributed by atoms with Crippen LogP contribution in [0.5, 0.6) is 0 Å². The highest BCUT2D eigenvalue weighted by Gasteiger charge is 2.39. The Balaban J connectivity index is 1.46. The first-order valence-electron chi connectivity index (χ1n) is 7.88.